The third-order valence-corrected chi connectivity index (χ3v) is 3.72. The van der Waals surface area contributed by atoms with Gasteiger partial charge >= 0.3 is 0 Å². The number of hydrogen-bond acceptors (Lipinski definition) is 3. The molecule has 0 amide bonds. The molecule has 6 heteroatoms. The molecular weight excluding hydrogens is 397 g/mol. The minimum Gasteiger partial charge on any atom is -0.294 e. The molecule has 0 aliphatic carbocycles. The van der Waals surface area contributed by atoms with Gasteiger partial charge in [0.25, 0.3) is 0 Å². The van der Waals surface area contributed by atoms with E-state index in [1.807, 2.05) is 18.2 Å². The molecule has 88 valence electrons. The Hall–Kier alpha value is -0.760. The molecule has 0 N–H and O–H groups in total. The van der Waals surface area contributed by atoms with Crippen LogP contribution >= 0.6 is 38.5 Å². The molecule has 0 radical (unpaired) electrons. The van der Waals surface area contributed by atoms with Crippen molar-refractivity contribution in [2.45, 2.75) is 6.42 Å². The van der Waals surface area contributed by atoms with Gasteiger partial charge in [0.2, 0.25) is 0 Å². The molecule has 1 aromatic carbocycles. The molecular formula is C11H9BrIN3O. The molecule has 0 fully saturated rings. The lowest BCUT2D eigenvalue weighted by Crippen LogP contribution is -2.09. The number of carbonyl (C=O) groups is 1. The van der Waals surface area contributed by atoms with Crippen molar-refractivity contribution in [3.05, 3.63) is 44.0 Å². The summed E-state index contributed by atoms with van der Waals surface area (Å²) in [5, 5.41) is 3.94. The molecule has 1 aromatic heterocycles. The molecule has 0 unspecified atom stereocenters. The lowest BCUT2D eigenvalue weighted by Gasteiger charge is -2.04. The molecule has 0 saturated heterocycles. The van der Waals surface area contributed by atoms with Crippen molar-refractivity contribution in [2.75, 3.05) is 0 Å². The lowest BCUT2D eigenvalue weighted by molar-refractivity contribution is 0.0989. The summed E-state index contributed by atoms with van der Waals surface area (Å²) in [5.41, 5.74) is 0.680. The lowest BCUT2D eigenvalue weighted by atomic mass is 10.1. The van der Waals surface area contributed by atoms with Crippen molar-refractivity contribution in [3.63, 3.8) is 0 Å². The predicted molar refractivity (Wildman–Crippen MR) is 75.9 cm³/mol. The first-order valence-corrected chi connectivity index (χ1v) is 6.76. The third kappa shape index (κ3) is 2.92. The molecule has 2 rings (SSSR count). The van der Waals surface area contributed by atoms with Gasteiger partial charge in [-0.1, -0.05) is 15.9 Å². The van der Waals surface area contributed by atoms with Crippen LogP contribution in [0, 0.1) is 3.57 Å². The van der Waals surface area contributed by atoms with E-state index in [1.165, 1.54) is 6.33 Å². The van der Waals surface area contributed by atoms with Gasteiger partial charge < -0.3 is 0 Å². The number of benzene rings is 1. The van der Waals surface area contributed by atoms with E-state index in [4.69, 9.17) is 0 Å². The maximum absolute atomic E-state index is 12.1. The first kappa shape index (κ1) is 12.7. The second-order valence-electron chi connectivity index (χ2n) is 3.52. The summed E-state index contributed by atoms with van der Waals surface area (Å²) in [6.45, 7) is 0. The van der Waals surface area contributed by atoms with Crippen LogP contribution in [0.15, 0.2) is 29.0 Å². The number of hydrogen-bond donors (Lipinski definition) is 0. The van der Waals surface area contributed by atoms with Gasteiger partial charge in [-0.25, -0.2) is 4.98 Å². The largest absolute Gasteiger partial charge is 0.294 e. The molecule has 2 aromatic rings. The quantitative estimate of drug-likeness (QED) is 0.582. The van der Waals surface area contributed by atoms with Crippen LogP contribution in [0.25, 0.3) is 0 Å². The Morgan fingerprint density at radius 2 is 2.29 bits per heavy atom. The third-order valence-electron chi connectivity index (χ3n) is 2.35. The second-order valence-corrected chi connectivity index (χ2v) is 5.62. The van der Waals surface area contributed by atoms with Crippen molar-refractivity contribution < 1.29 is 4.79 Å². The van der Waals surface area contributed by atoms with Crippen molar-refractivity contribution in [3.8, 4) is 0 Å². The summed E-state index contributed by atoms with van der Waals surface area (Å²) in [6, 6.07) is 5.69. The topological polar surface area (TPSA) is 47.8 Å². The maximum atomic E-state index is 12.1. The fraction of sp³-hybridized carbons (Fsp3) is 0.182. The zero-order valence-electron chi connectivity index (χ0n) is 9.02. The van der Waals surface area contributed by atoms with E-state index in [2.05, 4.69) is 48.6 Å². The van der Waals surface area contributed by atoms with Crippen molar-refractivity contribution in [2.24, 2.45) is 7.05 Å². The van der Waals surface area contributed by atoms with E-state index in [9.17, 15) is 4.79 Å². The zero-order chi connectivity index (χ0) is 12.4. The van der Waals surface area contributed by atoms with Crippen LogP contribution in [0.4, 0.5) is 0 Å². The number of aromatic nitrogens is 3. The molecule has 1 heterocycles. The Balaban J connectivity index is 2.26. The van der Waals surface area contributed by atoms with Crippen LogP contribution in [0.3, 0.4) is 0 Å². The summed E-state index contributed by atoms with van der Waals surface area (Å²) >= 11 is 5.57. The average molecular weight is 406 g/mol. The normalized spacial score (nSPS) is 10.5. The second kappa shape index (κ2) is 5.26. The number of aryl methyl sites for hydroxylation is 1. The minimum absolute atomic E-state index is 0.0338. The molecule has 0 aliphatic rings. The van der Waals surface area contributed by atoms with Gasteiger partial charge in [0.05, 0.1) is 6.42 Å². The van der Waals surface area contributed by atoms with Gasteiger partial charge in [-0.05, 0) is 40.8 Å². The molecule has 0 atom stereocenters. The molecule has 0 bridgehead atoms. The zero-order valence-corrected chi connectivity index (χ0v) is 12.8. The number of ketones is 1. The number of halogens is 2. The van der Waals surface area contributed by atoms with Gasteiger partial charge in [-0.15, -0.1) is 0 Å². The summed E-state index contributed by atoms with van der Waals surface area (Å²) in [7, 11) is 1.78. The number of rotatable bonds is 3. The fourth-order valence-corrected chi connectivity index (χ4v) is 2.39. The van der Waals surface area contributed by atoms with Gasteiger partial charge in [0, 0.05) is 20.7 Å². The maximum Gasteiger partial charge on any atom is 0.171 e. The Morgan fingerprint density at radius 3 is 2.94 bits per heavy atom. The van der Waals surface area contributed by atoms with Gasteiger partial charge in [0.15, 0.2) is 5.78 Å². The molecule has 17 heavy (non-hydrogen) atoms. The molecule has 0 spiro atoms. The summed E-state index contributed by atoms with van der Waals surface area (Å²) < 4.78 is 3.46. The highest BCUT2D eigenvalue weighted by Gasteiger charge is 2.14. The fourth-order valence-electron chi connectivity index (χ4n) is 1.43. The van der Waals surface area contributed by atoms with Crippen LogP contribution in [-0.2, 0) is 13.5 Å². The van der Waals surface area contributed by atoms with Crippen LogP contribution in [-0.4, -0.2) is 20.5 Å². The van der Waals surface area contributed by atoms with Crippen LogP contribution in [0.1, 0.15) is 16.2 Å². The minimum atomic E-state index is 0.0338. The smallest absolute Gasteiger partial charge is 0.171 e. The monoisotopic (exact) mass is 405 g/mol. The predicted octanol–water partition coefficient (Wildman–Crippen LogP) is 2.61. The van der Waals surface area contributed by atoms with Gasteiger partial charge in [-0.2, -0.15) is 5.10 Å². The van der Waals surface area contributed by atoms with Crippen molar-refractivity contribution >= 4 is 44.3 Å². The van der Waals surface area contributed by atoms with E-state index in [0.29, 0.717) is 11.4 Å². The SMILES string of the molecule is Cn1ncnc1CC(=O)c1cc(I)ccc1Br. The highest BCUT2D eigenvalue weighted by atomic mass is 127. The first-order valence-electron chi connectivity index (χ1n) is 4.89. The van der Waals surface area contributed by atoms with Gasteiger partial charge in [-0.3, -0.25) is 9.48 Å². The number of nitrogens with zero attached hydrogens (tertiary/aromatic N) is 3. The van der Waals surface area contributed by atoms with E-state index < -0.39 is 0 Å². The Labute approximate surface area is 121 Å². The van der Waals surface area contributed by atoms with E-state index in [-0.39, 0.29) is 12.2 Å². The number of carbonyl (C=O) groups excluding carboxylic acids is 1. The van der Waals surface area contributed by atoms with Crippen molar-refractivity contribution in [1.29, 1.82) is 0 Å². The van der Waals surface area contributed by atoms with Gasteiger partial charge in [0.1, 0.15) is 12.2 Å². The number of Topliss-reactive ketones (excluding diaryl/α,β-unsaturated/α-hetero) is 1. The highest BCUT2D eigenvalue weighted by molar-refractivity contribution is 14.1. The standard InChI is InChI=1S/C11H9BrIN3O/c1-16-11(14-6-15-16)5-10(17)8-4-7(13)2-3-9(8)12/h2-4,6H,5H2,1H3. The Kier molecular flexibility index (Phi) is 3.93. The Bertz CT molecular complexity index is 568. The molecule has 0 saturated carbocycles. The summed E-state index contributed by atoms with van der Waals surface area (Å²) in [4.78, 5) is 16.2. The van der Waals surface area contributed by atoms with E-state index in [0.717, 1.165) is 8.04 Å². The van der Waals surface area contributed by atoms with Crippen LogP contribution in [0.2, 0.25) is 0 Å². The highest BCUT2D eigenvalue weighted by Crippen LogP contribution is 2.20. The van der Waals surface area contributed by atoms with Crippen LogP contribution in [0.5, 0.6) is 0 Å². The molecule has 0 aliphatic heterocycles. The average Bonchev–Trinajstić information content (AvgIpc) is 2.68. The van der Waals surface area contributed by atoms with E-state index >= 15 is 0 Å². The first-order chi connectivity index (χ1) is 8.08. The van der Waals surface area contributed by atoms with E-state index in [1.54, 1.807) is 11.7 Å². The summed E-state index contributed by atoms with van der Waals surface area (Å²) in [6.07, 6.45) is 1.71. The summed E-state index contributed by atoms with van der Waals surface area (Å²) in [5.74, 6) is 0.701. The van der Waals surface area contributed by atoms with Crippen molar-refractivity contribution in [1.82, 2.24) is 14.8 Å². The van der Waals surface area contributed by atoms with Crippen LogP contribution < -0.4 is 0 Å². The molecule has 4 nitrogen and oxygen atoms in total. The Morgan fingerprint density at radius 1 is 1.53 bits per heavy atom.